The Bertz CT molecular complexity index is 747. The highest BCUT2D eigenvalue weighted by molar-refractivity contribution is 5.82. The van der Waals surface area contributed by atoms with Crippen molar-refractivity contribution in [3.8, 4) is 5.75 Å². The predicted octanol–water partition coefficient (Wildman–Crippen LogP) is 2.64. The van der Waals surface area contributed by atoms with E-state index in [1.165, 1.54) is 6.92 Å². The van der Waals surface area contributed by atoms with Gasteiger partial charge >= 0.3 is 0 Å². The molecule has 0 aliphatic heterocycles. The monoisotopic (exact) mass is 315 g/mol. The van der Waals surface area contributed by atoms with Crippen molar-refractivity contribution in [2.24, 2.45) is 5.92 Å². The summed E-state index contributed by atoms with van der Waals surface area (Å²) >= 11 is 0. The van der Waals surface area contributed by atoms with Crippen LogP contribution in [0.1, 0.15) is 42.3 Å². The Hall–Kier alpha value is -2.14. The van der Waals surface area contributed by atoms with E-state index >= 15 is 0 Å². The van der Waals surface area contributed by atoms with Crippen molar-refractivity contribution in [3.63, 3.8) is 0 Å². The number of Topliss-reactive ketones (excluding diaryl/α,β-unsaturated/α-hetero) is 1. The Kier molecular flexibility index (Phi) is 3.76. The minimum Gasteiger partial charge on any atom is -0.497 e. The molecule has 0 spiro atoms. The highest BCUT2D eigenvalue weighted by Crippen LogP contribution is 2.47. The quantitative estimate of drug-likeness (QED) is 0.942. The number of aliphatic hydroxyl groups is 1. The molecule has 1 aliphatic carbocycles. The molecule has 1 N–H and O–H groups in total. The van der Waals surface area contributed by atoms with Gasteiger partial charge in [-0.05, 0) is 38.5 Å². The molecule has 1 aromatic heterocycles. The smallest absolute Gasteiger partial charge is 0.137 e. The fourth-order valence-corrected chi connectivity index (χ4v) is 3.79. The summed E-state index contributed by atoms with van der Waals surface area (Å²) < 4.78 is 10.7. The van der Waals surface area contributed by atoms with Gasteiger partial charge < -0.3 is 14.4 Å². The number of hydrogen-bond acceptors (Lipinski definition) is 5. The van der Waals surface area contributed by atoms with E-state index in [4.69, 9.17) is 9.26 Å². The van der Waals surface area contributed by atoms with Crippen molar-refractivity contribution in [1.82, 2.24) is 5.16 Å². The molecule has 0 fully saturated rings. The van der Waals surface area contributed by atoms with Crippen LogP contribution in [-0.2, 0) is 11.2 Å². The van der Waals surface area contributed by atoms with E-state index in [1.54, 1.807) is 14.0 Å². The molecule has 0 saturated heterocycles. The predicted molar refractivity (Wildman–Crippen MR) is 84.6 cm³/mol. The molecule has 1 aromatic carbocycles. The van der Waals surface area contributed by atoms with E-state index in [2.05, 4.69) is 5.16 Å². The fourth-order valence-electron chi connectivity index (χ4n) is 3.79. The van der Waals surface area contributed by atoms with Crippen molar-refractivity contribution in [2.45, 2.75) is 38.7 Å². The second-order valence-corrected chi connectivity index (χ2v) is 6.48. The molecule has 5 heteroatoms. The van der Waals surface area contributed by atoms with Crippen LogP contribution in [-0.4, -0.2) is 28.8 Å². The third kappa shape index (κ3) is 2.55. The molecule has 2 aromatic rings. The van der Waals surface area contributed by atoms with Crippen molar-refractivity contribution >= 4 is 5.78 Å². The Morgan fingerprint density at radius 3 is 2.87 bits per heavy atom. The average Bonchev–Trinajstić information content (AvgIpc) is 2.85. The number of benzene rings is 1. The lowest BCUT2D eigenvalue weighted by Crippen LogP contribution is -2.48. The number of rotatable bonds is 3. The Labute approximate surface area is 135 Å². The van der Waals surface area contributed by atoms with Gasteiger partial charge in [0.05, 0.1) is 24.3 Å². The average molecular weight is 315 g/mol. The van der Waals surface area contributed by atoms with E-state index in [0.29, 0.717) is 17.9 Å². The molecular weight excluding hydrogens is 294 g/mol. The van der Waals surface area contributed by atoms with Crippen LogP contribution in [0.4, 0.5) is 0 Å². The van der Waals surface area contributed by atoms with E-state index in [1.807, 2.05) is 31.2 Å². The summed E-state index contributed by atoms with van der Waals surface area (Å²) in [6.07, 6.45) is 0.310. The first-order valence-electron chi connectivity index (χ1n) is 7.67. The maximum Gasteiger partial charge on any atom is 0.137 e. The van der Waals surface area contributed by atoms with Gasteiger partial charge in [0, 0.05) is 17.9 Å². The summed E-state index contributed by atoms with van der Waals surface area (Å²) in [6, 6.07) is 7.59. The van der Waals surface area contributed by atoms with Crippen LogP contribution in [0.5, 0.6) is 5.75 Å². The number of carbonyl (C=O) groups excluding carboxylic acids is 1. The molecule has 122 valence electrons. The van der Waals surface area contributed by atoms with Gasteiger partial charge in [0.25, 0.3) is 0 Å². The number of aryl methyl sites for hydroxylation is 1. The Balaban J connectivity index is 2.23. The van der Waals surface area contributed by atoms with E-state index < -0.39 is 11.5 Å². The molecule has 0 saturated carbocycles. The lowest BCUT2D eigenvalue weighted by molar-refractivity contribution is -0.130. The molecule has 1 aliphatic rings. The number of hydrogen-bond donors (Lipinski definition) is 1. The number of methoxy groups -OCH3 is 1. The zero-order valence-corrected chi connectivity index (χ0v) is 13.8. The minimum atomic E-state index is -1.17. The maximum absolute atomic E-state index is 12.4. The van der Waals surface area contributed by atoms with Crippen LogP contribution in [0.25, 0.3) is 0 Å². The van der Waals surface area contributed by atoms with E-state index in [9.17, 15) is 9.90 Å². The first kappa shape index (κ1) is 15.7. The minimum absolute atomic E-state index is 0.0472. The Morgan fingerprint density at radius 1 is 1.48 bits per heavy atom. The molecule has 5 nitrogen and oxygen atoms in total. The van der Waals surface area contributed by atoms with Gasteiger partial charge in [-0.3, -0.25) is 4.79 Å². The van der Waals surface area contributed by atoms with Crippen LogP contribution in [0.3, 0.4) is 0 Å². The van der Waals surface area contributed by atoms with E-state index in [-0.39, 0.29) is 11.7 Å². The number of nitrogens with zero attached hydrogens (tertiary/aromatic N) is 1. The highest BCUT2D eigenvalue weighted by Gasteiger charge is 2.49. The van der Waals surface area contributed by atoms with Crippen molar-refractivity contribution in [1.29, 1.82) is 0 Å². The summed E-state index contributed by atoms with van der Waals surface area (Å²) in [5, 5.41) is 15.0. The number of ketones is 1. The molecule has 23 heavy (non-hydrogen) atoms. The van der Waals surface area contributed by atoms with Crippen molar-refractivity contribution in [3.05, 3.63) is 46.8 Å². The third-order valence-corrected chi connectivity index (χ3v) is 4.71. The van der Waals surface area contributed by atoms with Crippen molar-refractivity contribution in [2.75, 3.05) is 7.11 Å². The maximum atomic E-state index is 12.4. The molecule has 3 atom stereocenters. The molecule has 0 radical (unpaired) electrons. The molecule has 1 heterocycles. The number of fused-ring (bicyclic) bond motifs is 1. The zero-order chi connectivity index (χ0) is 16.8. The normalized spacial score (nSPS) is 26.7. The summed E-state index contributed by atoms with van der Waals surface area (Å²) in [7, 11) is 1.61. The van der Waals surface area contributed by atoms with Gasteiger partial charge in [-0.25, -0.2) is 0 Å². The number of aromatic nitrogens is 1. The summed E-state index contributed by atoms with van der Waals surface area (Å²) in [6.45, 7) is 5.07. The second kappa shape index (κ2) is 5.49. The van der Waals surface area contributed by atoms with Crippen LogP contribution < -0.4 is 4.74 Å². The van der Waals surface area contributed by atoms with Gasteiger partial charge in [0.2, 0.25) is 0 Å². The molecule has 0 bridgehead atoms. The Morgan fingerprint density at radius 2 is 2.22 bits per heavy atom. The van der Waals surface area contributed by atoms with Crippen LogP contribution >= 0.6 is 0 Å². The van der Waals surface area contributed by atoms with Gasteiger partial charge in [-0.15, -0.1) is 0 Å². The van der Waals surface area contributed by atoms with E-state index in [0.717, 1.165) is 16.8 Å². The number of carbonyl (C=O) groups is 1. The molecule has 0 unspecified atom stereocenters. The van der Waals surface area contributed by atoms with Crippen molar-refractivity contribution < 1.29 is 19.2 Å². The summed E-state index contributed by atoms with van der Waals surface area (Å²) in [4.78, 5) is 12.4. The largest absolute Gasteiger partial charge is 0.497 e. The van der Waals surface area contributed by atoms with Gasteiger partial charge in [0.1, 0.15) is 17.3 Å². The summed E-state index contributed by atoms with van der Waals surface area (Å²) in [5.41, 5.74) is 1.37. The second-order valence-electron chi connectivity index (χ2n) is 6.48. The topological polar surface area (TPSA) is 72.6 Å². The lowest BCUT2D eigenvalue weighted by atomic mass is 9.64. The molecule has 3 rings (SSSR count). The molecule has 0 amide bonds. The van der Waals surface area contributed by atoms with Gasteiger partial charge in [0.15, 0.2) is 0 Å². The first-order chi connectivity index (χ1) is 10.8. The number of ether oxygens (including phenoxy) is 1. The molecular formula is C18H21NO4. The van der Waals surface area contributed by atoms with Crippen LogP contribution in [0.2, 0.25) is 0 Å². The standard InChI is InChI=1S/C18H21NO4/c1-10(20)17-16(12-6-5-7-13(8-12)22-4)15-11(2)23-19-14(15)9-18(17,3)21/h5-8,16-17,21H,9H2,1-4H3/t16-,17+,18-/m1/s1. The van der Waals surface area contributed by atoms with Gasteiger partial charge in [-0.2, -0.15) is 0 Å². The lowest BCUT2D eigenvalue weighted by Gasteiger charge is -2.40. The first-order valence-corrected chi connectivity index (χ1v) is 7.67. The third-order valence-electron chi connectivity index (χ3n) is 4.71. The van der Waals surface area contributed by atoms with Gasteiger partial charge in [-0.1, -0.05) is 17.3 Å². The van der Waals surface area contributed by atoms with Crippen LogP contribution in [0, 0.1) is 12.8 Å². The highest BCUT2D eigenvalue weighted by atomic mass is 16.5. The SMILES string of the molecule is COc1cccc([C@@H]2c3c(noc3C)C[C@@](C)(O)[C@H]2C(C)=O)c1. The zero-order valence-electron chi connectivity index (χ0n) is 13.8. The summed E-state index contributed by atoms with van der Waals surface area (Å²) in [5.74, 6) is 0.502. The fraction of sp³-hybridized carbons (Fsp3) is 0.444. The van der Waals surface area contributed by atoms with Crippen LogP contribution in [0.15, 0.2) is 28.8 Å².